The van der Waals surface area contributed by atoms with Gasteiger partial charge in [0.05, 0.1) is 12.7 Å². The third-order valence-corrected chi connectivity index (χ3v) is 7.93. The van der Waals surface area contributed by atoms with E-state index >= 15 is 0 Å². The molecule has 0 aromatic heterocycles. The van der Waals surface area contributed by atoms with Crippen molar-refractivity contribution in [3.8, 4) is 0 Å². The van der Waals surface area contributed by atoms with Crippen molar-refractivity contribution in [2.75, 3.05) is 6.61 Å². The Hall–Kier alpha value is -4.89. The molecule has 0 heterocycles. The van der Waals surface area contributed by atoms with Crippen LogP contribution in [0.1, 0.15) is 73.6 Å². The van der Waals surface area contributed by atoms with Gasteiger partial charge >= 0.3 is 17.9 Å². The molecule has 52 heavy (non-hydrogen) atoms. The SMILES string of the molecule is CC[C@H](C)[C@H](NC(=O)[C@H](CCC(=O)O)NC(=O)[C@H](CCC(=O)O)NC(=O)[C@@H](NC(=O)[C@@H](NC(=O)[C@@H](N)CO)C(C)C)[C@@H](C)O)C(=O)N[C@@H](C)C(=O)O. The van der Waals surface area contributed by atoms with Gasteiger partial charge in [0.15, 0.2) is 0 Å². The normalized spacial score (nSPS) is 16.3. The van der Waals surface area contributed by atoms with Crippen LogP contribution in [0.5, 0.6) is 0 Å². The molecule has 0 aromatic rings. The molecule has 0 spiro atoms. The zero-order valence-electron chi connectivity index (χ0n) is 30.0. The third kappa shape index (κ3) is 16.4. The number of aliphatic hydroxyl groups excluding tert-OH is 2. The molecule has 0 bridgehead atoms. The first-order valence-electron chi connectivity index (χ1n) is 16.6. The van der Waals surface area contributed by atoms with Crippen molar-refractivity contribution >= 4 is 53.4 Å². The highest BCUT2D eigenvalue weighted by Gasteiger charge is 2.36. The molecular weight excluding hydrogens is 694 g/mol. The molecule has 0 saturated heterocycles. The summed E-state index contributed by atoms with van der Waals surface area (Å²) in [6.45, 7) is 7.95. The summed E-state index contributed by atoms with van der Waals surface area (Å²) in [5, 5.41) is 60.9. The van der Waals surface area contributed by atoms with Gasteiger partial charge in [-0.05, 0) is 38.5 Å². The van der Waals surface area contributed by atoms with Crippen LogP contribution in [0.3, 0.4) is 0 Å². The maximum absolute atomic E-state index is 13.5. The second kappa shape index (κ2) is 22.8. The molecule has 296 valence electrons. The standard InChI is InChI=1S/C31H53N7O14/c1-7-14(4)23(29(49)33-15(5)31(51)52)37-27(47)19(9-11-21(43)44)34-26(46)18(8-10-20(41)42)35-30(50)24(16(6)40)38-28(48)22(13(2)3)36-25(45)17(32)12-39/h13-19,22-24,39-40H,7-12,32H2,1-6H3,(H,33,49)(H,34,46)(H,35,50)(H,36,45)(H,37,47)(H,38,48)(H,41,42)(H,43,44)(H,51,52)/t14-,15-,16+,17-,18-,19-,22-,23-,24-/m0/s1. The zero-order chi connectivity index (χ0) is 40.5. The quantitative estimate of drug-likeness (QED) is 0.0449. The van der Waals surface area contributed by atoms with Crippen molar-refractivity contribution in [1.82, 2.24) is 31.9 Å². The summed E-state index contributed by atoms with van der Waals surface area (Å²) in [6, 6.07) is -10.5. The highest BCUT2D eigenvalue weighted by Crippen LogP contribution is 2.11. The first-order chi connectivity index (χ1) is 24.1. The lowest BCUT2D eigenvalue weighted by atomic mass is 9.97. The van der Waals surface area contributed by atoms with Crippen LogP contribution in [0.4, 0.5) is 0 Å². The van der Waals surface area contributed by atoms with Crippen molar-refractivity contribution in [2.45, 2.75) is 122 Å². The molecule has 9 atom stereocenters. The van der Waals surface area contributed by atoms with Crippen LogP contribution in [0.25, 0.3) is 0 Å². The smallest absolute Gasteiger partial charge is 0.325 e. The van der Waals surface area contributed by atoms with Gasteiger partial charge in [0.1, 0.15) is 42.3 Å². The Kier molecular flexibility index (Phi) is 20.7. The molecule has 6 amide bonds. The Balaban J connectivity index is 6.33. The van der Waals surface area contributed by atoms with E-state index in [1.807, 2.05) is 0 Å². The fraction of sp³-hybridized carbons (Fsp3) is 0.710. The van der Waals surface area contributed by atoms with E-state index < -0.39 is 146 Å². The summed E-state index contributed by atoms with van der Waals surface area (Å²) in [4.78, 5) is 112. The minimum atomic E-state index is -1.77. The number of hydrogen-bond acceptors (Lipinski definition) is 12. The van der Waals surface area contributed by atoms with Crippen LogP contribution < -0.4 is 37.6 Å². The molecule has 0 aliphatic heterocycles. The lowest BCUT2D eigenvalue weighted by molar-refractivity contribution is -0.142. The van der Waals surface area contributed by atoms with Crippen LogP contribution in [-0.2, 0) is 43.2 Å². The third-order valence-electron chi connectivity index (χ3n) is 7.93. The molecule has 0 fully saturated rings. The highest BCUT2D eigenvalue weighted by atomic mass is 16.4. The number of aliphatic carboxylic acids is 3. The number of nitrogens with two attached hydrogens (primary N) is 1. The van der Waals surface area contributed by atoms with Crippen molar-refractivity contribution < 1.29 is 68.7 Å². The summed E-state index contributed by atoms with van der Waals surface area (Å²) in [5.74, 6) is -11.3. The molecule has 0 aromatic carbocycles. The van der Waals surface area contributed by atoms with Gasteiger partial charge in [-0.3, -0.25) is 43.2 Å². The van der Waals surface area contributed by atoms with Crippen LogP contribution in [0.15, 0.2) is 0 Å². The topological polar surface area (TPSA) is 353 Å². The van der Waals surface area contributed by atoms with Gasteiger partial charge in [-0.15, -0.1) is 0 Å². The van der Waals surface area contributed by atoms with Crippen LogP contribution in [0.2, 0.25) is 0 Å². The Bertz CT molecular complexity index is 1290. The van der Waals surface area contributed by atoms with Crippen LogP contribution in [-0.4, -0.2) is 134 Å². The average molecular weight is 748 g/mol. The molecule has 21 nitrogen and oxygen atoms in total. The molecule has 0 radical (unpaired) electrons. The molecule has 0 aliphatic rings. The predicted molar refractivity (Wildman–Crippen MR) is 180 cm³/mol. The van der Waals surface area contributed by atoms with Gasteiger partial charge in [0.25, 0.3) is 0 Å². The van der Waals surface area contributed by atoms with Crippen LogP contribution in [0, 0.1) is 11.8 Å². The summed E-state index contributed by atoms with van der Waals surface area (Å²) in [5.41, 5.74) is 5.50. The average Bonchev–Trinajstić information content (AvgIpc) is 3.06. The van der Waals surface area contributed by atoms with Crippen molar-refractivity contribution in [3.63, 3.8) is 0 Å². The number of amides is 6. The van der Waals surface area contributed by atoms with Gasteiger partial charge < -0.3 is 63.2 Å². The predicted octanol–water partition coefficient (Wildman–Crippen LogP) is -3.87. The van der Waals surface area contributed by atoms with Gasteiger partial charge in [0, 0.05) is 12.8 Å². The summed E-state index contributed by atoms with van der Waals surface area (Å²) >= 11 is 0. The minimum Gasteiger partial charge on any atom is -0.481 e. The van der Waals surface area contributed by atoms with Gasteiger partial charge in [0.2, 0.25) is 35.4 Å². The van der Waals surface area contributed by atoms with E-state index in [0.29, 0.717) is 6.42 Å². The second-order valence-corrected chi connectivity index (χ2v) is 12.7. The molecule has 0 saturated carbocycles. The number of nitrogens with one attached hydrogen (secondary N) is 6. The Morgan fingerprint density at radius 3 is 1.38 bits per heavy atom. The molecular formula is C31H53N7O14. The second-order valence-electron chi connectivity index (χ2n) is 12.7. The number of carboxylic acid groups (broad SMARTS) is 3. The fourth-order valence-corrected chi connectivity index (χ4v) is 4.45. The van der Waals surface area contributed by atoms with Crippen LogP contribution >= 0.6 is 0 Å². The molecule has 0 unspecified atom stereocenters. The first kappa shape index (κ1) is 47.1. The number of carbonyl (C=O) groups is 9. The molecule has 0 aliphatic carbocycles. The summed E-state index contributed by atoms with van der Waals surface area (Å²) < 4.78 is 0. The lowest BCUT2D eigenvalue weighted by Gasteiger charge is -2.29. The zero-order valence-corrected chi connectivity index (χ0v) is 30.0. The summed E-state index contributed by atoms with van der Waals surface area (Å²) in [7, 11) is 0. The van der Waals surface area contributed by atoms with E-state index in [1.54, 1.807) is 27.7 Å². The van der Waals surface area contributed by atoms with E-state index in [4.69, 9.17) is 10.8 Å². The maximum atomic E-state index is 13.5. The summed E-state index contributed by atoms with van der Waals surface area (Å²) in [6.07, 6.45) is -3.74. The van der Waals surface area contributed by atoms with Gasteiger partial charge in [-0.2, -0.15) is 0 Å². The monoisotopic (exact) mass is 747 g/mol. The van der Waals surface area contributed by atoms with E-state index in [9.17, 15) is 63.6 Å². The minimum absolute atomic E-state index is 0.330. The van der Waals surface area contributed by atoms with Crippen molar-refractivity contribution in [3.05, 3.63) is 0 Å². The van der Waals surface area contributed by atoms with Gasteiger partial charge in [-0.1, -0.05) is 34.1 Å². The lowest BCUT2D eigenvalue weighted by Crippen LogP contribution is -2.62. The van der Waals surface area contributed by atoms with Gasteiger partial charge in [-0.25, -0.2) is 0 Å². The fourth-order valence-electron chi connectivity index (χ4n) is 4.45. The Morgan fingerprint density at radius 1 is 0.577 bits per heavy atom. The largest absolute Gasteiger partial charge is 0.481 e. The number of aliphatic hydroxyl groups is 2. The van der Waals surface area contributed by atoms with E-state index in [1.165, 1.54) is 6.92 Å². The maximum Gasteiger partial charge on any atom is 0.325 e. The van der Waals surface area contributed by atoms with E-state index in [-0.39, 0.29) is 0 Å². The number of hydrogen-bond donors (Lipinski definition) is 12. The van der Waals surface area contributed by atoms with E-state index in [2.05, 4.69) is 31.9 Å². The van der Waals surface area contributed by atoms with Crippen molar-refractivity contribution in [1.29, 1.82) is 0 Å². The number of carbonyl (C=O) groups excluding carboxylic acids is 6. The molecule has 0 rings (SSSR count). The number of carboxylic acids is 3. The van der Waals surface area contributed by atoms with Crippen molar-refractivity contribution in [2.24, 2.45) is 17.6 Å². The molecule has 21 heteroatoms. The van der Waals surface area contributed by atoms with E-state index in [0.717, 1.165) is 6.92 Å². The Labute approximate surface area is 300 Å². The Morgan fingerprint density at radius 2 is 0.981 bits per heavy atom. The number of rotatable bonds is 24. The highest BCUT2D eigenvalue weighted by molar-refractivity contribution is 5.97. The first-order valence-corrected chi connectivity index (χ1v) is 16.6. The molecule has 13 N–H and O–H groups in total.